The van der Waals surface area contributed by atoms with E-state index in [0.717, 1.165) is 19.4 Å². The minimum Gasteiger partial charge on any atom is -0.337 e. The lowest BCUT2D eigenvalue weighted by atomic mass is 10.0. The predicted molar refractivity (Wildman–Crippen MR) is 77.7 cm³/mol. The fraction of sp³-hybridized carbons (Fsp3) is 0.438. The van der Waals surface area contributed by atoms with Gasteiger partial charge in [-0.1, -0.05) is 42.0 Å². The van der Waals surface area contributed by atoms with Gasteiger partial charge in [0, 0.05) is 13.1 Å². The number of hydrogen-bond acceptors (Lipinski definition) is 2. The summed E-state index contributed by atoms with van der Waals surface area (Å²) in [7, 11) is 0. The van der Waals surface area contributed by atoms with Crippen LogP contribution in [0.2, 0.25) is 0 Å². The molecule has 0 bridgehead atoms. The van der Waals surface area contributed by atoms with Gasteiger partial charge in [0.1, 0.15) is 0 Å². The molecule has 1 unspecified atom stereocenters. The van der Waals surface area contributed by atoms with Crippen LogP contribution in [-0.2, 0) is 11.2 Å². The van der Waals surface area contributed by atoms with Gasteiger partial charge in [0.2, 0.25) is 5.91 Å². The van der Waals surface area contributed by atoms with Gasteiger partial charge in [-0.05, 0) is 31.7 Å². The normalized spacial score (nSPS) is 16.9. The van der Waals surface area contributed by atoms with Crippen LogP contribution < -0.4 is 5.73 Å². The fourth-order valence-corrected chi connectivity index (χ4v) is 2.30. The highest BCUT2D eigenvalue weighted by Crippen LogP contribution is 2.12. The highest BCUT2D eigenvalue weighted by Gasteiger charge is 2.21. The molecular formula is C16H22N2O. The average Bonchev–Trinajstić information content (AvgIpc) is 2.46. The minimum atomic E-state index is -0.382. The van der Waals surface area contributed by atoms with Gasteiger partial charge >= 0.3 is 0 Å². The molecule has 1 amide bonds. The summed E-state index contributed by atoms with van der Waals surface area (Å²) in [5, 5.41) is 0. The zero-order valence-corrected chi connectivity index (χ0v) is 11.5. The van der Waals surface area contributed by atoms with E-state index in [1.807, 2.05) is 23.1 Å². The van der Waals surface area contributed by atoms with Gasteiger partial charge in [-0.2, -0.15) is 0 Å². The lowest BCUT2D eigenvalue weighted by Crippen LogP contribution is -2.45. The Kier molecular flexibility index (Phi) is 4.74. The standard InChI is InChI=1S/C16H22N2O/c1-13-9-11-18(12-10-13)16(19)15(17)8-7-14-5-3-2-4-6-14/h2-6,9,15H,7-8,10-12,17H2,1H3. The van der Waals surface area contributed by atoms with Crippen molar-refractivity contribution in [3.05, 3.63) is 47.5 Å². The molecule has 1 atom stereocenters. The van der Waals surface area contributed by atoms with E-state index in [1.165, 1.54) is 11.1 Å². The number of aryl methyl sites for hydroxylation is 1. The van der Waals surface area contributed by atoms with Gasteiger partial charge in [-0.15, -0.1) is 0 Å². The Morgan fingerprint density at radius 2 is 2.11 bits per heavy atom. The molecule has 1 aromatic carbocycles. The van der Waals surface area contributed by atoms with E-state index in [9.17, 15) is 4.79 Å². The summed E-state index contributed by atoms with van der Waals surface area (Å²) in [6.45, 7) is 3.63. The van der Waals surface area contributed by atoms with Crippen LogP contribution in [-0.4, -0.2) is 29.9 Å². The molecule has 1 heterocycles. The van der Waals surface area contributed by atoms with E-state index in [1.54, 1.807) is 0 Å². The zero-order valence-electron chi connectivity index (χ0n) is 11.5. The molecule has 19 heavy (non-hydrogen) atoms. The molecule has 102 valence electrons. The van der Waals surface area contributed by atoms with Gasteiger partial charge in [0.15, 0.2) is 0 Å². The summed E-state index contributed by atoms with van der Waals surface area (Å²) >= 11 is 0. The minimum absolute atomic E-state index is 0.0830. The first-order chi connectivity index (χ1) is 9.16. The quantitative estimate of drug-likeness (QED) is 0.841. The van der Waals surface area contributed by atoms with Crippen LogP contribution in [0.5, 0.6) is 0 Å². The van der Waals surface area contributed by atoms with Crippen LogP contribution >= 0.6 is 0 Å². The number of carbonyl (C=O) groups excluding carboxylic acids is 1. The molecule has 1 aliphatic rings. The molecule has 0 saturated heterocycles. The molecule has 0 saturated carbocycles. The second-order valence-electron chi connectivity index (χ2n) is 5.22. The average molecular weight is 258 g/mol. The van der Waals surface area contributed by atoms with Gasteiger partial charge in [0.05, 0.1) is 6.04 Å². The van der Waals surface area contributed by atoms with E-state index >= 15 is 0 Å². The van der Waals surface area contributed by atoms with Gasteiger partial charge in [-0.25, -0.2) is 0 Å². The Morgan fingerprint density at radius 3 is 2.74 bits per heavy atom. The van der Waals surface area contributed by atoms with Crippen molar-refractivity contribution in [2.24, 2.45) is 5.73 Å². The topological polar surface area (TPSA) is 46.3 Å². The largest absolute Gasteiger partial charge is 0.337 e. The number of nitrogens with two attached hydrogens (primary N) is 1. The maximum atomic E-state index is 12.2. The molecular weight excluding hydrogens is 236 g/mol. The Bertz CT molecular complexity index is 453. The molecule has 1 aliphatic heterocycles. The molecule has 0 fully saturated rings. The number of benzene rings is 1. The molecule has 3 nitrogen and oxygen atoms in total. The van der Waals surface area contributed by atoms with Gasteiger partial charge in [-0.3, -0.25) is 4.79 Å². The van der Waals surface area contributed by atoms with Crippen molar-refractivity contribution in [2.45, 2.75) is 32.2 Å². The van der Waals surface area contributed by atoms with Crippen molar-refractivity contribution in [3.8, 4) is 0 Å². The van der Waals surface area contributed by atoms with E-state index in [-0.39, 0.29) is 11.9 Å². The van der Waals surface area contributed by atoms with Crippen LogP contribution in [0.15, 0.2) is 42.0 Å². The van der Waals surface area contributed by atoms with Crippen molar-refractivity contribution >= 4 is 5.91 Å². The van der Waals surface area contributed by atoms with Crippen molar-refractivity contribution in [1.29, 1.82) is 0 Å². The molecule has 3 heteroatoms. The smallest absolute Gasteiger partial charge is 0.239 e. The first-order valence-corrected chi connectivity index (χ1v) is 6.91. The van der Waals surface area contributed by atoms with Crippen LogP contribution in [0.4, 0.5) is 0 Å². The number of hydrogen-bond donors (Lipinski definition) is 1. The molecule has 0 aromatic heterocycles. The third-order valence-electron chi connectivity index (χ3n) is 3.65. The van der Waals surface area contributed by atoms with Crippen LogP contribution in [0, 0.1) is 0 Å². The lowest BCUT2D eigenvalue weighted by molar-refractivity contribution is -0.132. The molecule has 2 rings (SSSR count). The van der Waals surface area contributed by atoms with Crippen LogP contribution in [0.25, 0.3) is 0 Å². The van der Waals surface area contributed by atoms with Crippen molar-refractivity contribution < 1.29 is 4.79 Å². The number of nitrogens with zero attached hydrogens (tertiary/aromatic N) is 1. The molecule has 1 aromatic rings. The molecule has 0 aliphatic carbocycles. The summed E-state index contributed by atoms with van der Waals surface area (Å²) < 4.78 is 0. The number of carbonyl (C=O) groups is 1. The van der Waals surface area contributed by atoms with Crippen molar-refractivity contribution in [2.75, 3.05) is 13.1 Å². The van der Waals surface area contributed by atoms with E-state index in [0.29, 0.717) is 13.0 Å². The summed E-state index contributed by atoms with van der Waals surface area (Å²) in [6, 6.07) is 9.79. The monoisotopic (exact) mass is 258 g/mol. The maximum absolute atomic E-state index is 12.2. The number of amides is 1. The SMILES string of the molecule is CC1=CCN(C(=O)C(N)CCc2ccccc2)CC1. The summed E-state index contributed by atoms with van der Waals surface area (Å²) in [6.07, 6.45) is 4.65. The fourth-order valence-electron chi connectivity index (χ4n) is 2.30. The first kappa shape index (κ1) is 13.8. The summed E-state index contributed by atoms with van der Waals surface area (Å²) in [4.78, 5) is 14.1. The molecule has 0 radical (unpaired) electrons. The van der Waals surface area contributed by atoms with Crippen LogP contribution in [0.1, 0.15) is 25.3 Å². The van der Waals surface area contributed by atoms with Gasteiger partial charge in [0.25, 0.3) is 0 Å². The highest BCUT2D eigenvalue weighted by atomic mass is 16.2. The lowest BCUT2D eigenvalue weighted by Gasteiger charge is -2.28. The van der Waals surface area contributed by atoms with Crippen LogP contribution in [0.3, 0.4) is 0 Å². The van der Waals surface area contributed by atoms with Crippen molar-refractivity contribution in [1.82, 2.24) is 4.90 Å². The molecule has 2 N–H and O–H groups in total. The number of rotatable bonds is 4. The Labute approximate surface area is 115 Å². The van der Waals surface area contributed by atoms with E-state index in [4.69, 9.17) is 5.73 Å². The van der Waals surface area contributed by atoms with Gasteiger partial charge < -0.3 is 10.6 Å². The maximum Gasteiger partial charge on any atom is 0.239 e. The highest BCUT2D eigenvalue weighted by molar-refractivity contribution is 5.82. The predicted octanol–water partition coefficient (Wildman–Crippen LogP) is 2.13. The Morgan fingerprint density at radius 1 is 1.37 bits per heavy atom. The molecule has 0 spiro atoms. The zero-order chi connectivity index (χ0) is 13.7. The third-order valence-corrected chi connectivity index (χ3v) is 3.65. The second kappa shape index (κ2) is 6.53. The first-order valence-electron chi connectivity index (χ1n) is 6.91. The summed E-state index contributed by atoms with van der Waals surface area (Å²) in [5.41, 5.74) is 8.62. The van der Waals surface area contributed by atoms with Crippen molar-refractivity contribution in [3.63, 3.8) is 0 Å². The van der Waals surface area contributed by atoms with E-state index < -0.39 is 0 Å². The summed E-state index contributed by atoms with van der Waals surface area (Å²) in [5.74, 6) is 0.0830. The Balaban J connectivity index is 1.83. The second-order valence-corrected chi connectivity index (χ2v) is 5.22. The van der Waals surface area contributed by atoms with E-state index in [2.05, 4.69) is 25.1 Å². The third kappa shape index (κ3) is 3.93. The Hall–Kier alpha value is -1.61.